The summed E-state index contributed by atoms with van der Waals surface area (Å²) in [7, 11) is 0. The van der Waals surface area contributed by atoms with Gasteiger partial charge >= 0.3 is 0 Å². The van der Waals surface area contributed by atoms with Crippen LogP contribution >= 0.6 is 15.9 Å². The summed E-state index contributed by atoms with van der Waals surface area (Å²) in [5, 5.41) is 14.1. The molecule has 0 aromatic heterocycles. The van der Waals surface area contributed by atoms with E-state index in [1.54, 1.807) is 0 Å². The van der Waals surface area contributed by atoms with E-state index >= 15 is 0 Å². The van der Waals surface area contributed by atoms with Gasteiger partial charge in [-0.1, -0.05) is 22.9 Å². The Balaban J connectivity index is 2.82. The Labute approximate surface area is 114 Å². The first-order valence-electron chi connectivity index (χ1n) is 5.55. The molecule has 1 rings (SSSR count). The molecule has 1 aromatic carbocycles. The molecule has 0 spiro atoms. The third-order valence-electron chi connectivity index (χ3n) is 2.83. The summed E-state index contributed by atoms with van der Waals surface area (Å²) in [5.74, 6) is -0.228. The number of amides is 1. The number of hydrogen-bond donors (Lipinski definition) is 1. The van der Waals surface area contributed by atoms with Gasteiger partial charge in [-0.25, -0.2) is 0 Å². The number of benzene rings is 1. The van der Waals surface area contributed by atoms with Gasteiger partial charge in [-0.15, -0.1) is 0 Å². The zero-order valence-corrected chi connectivity index (χ0v) is 11.9. The van der Waals surface area contributed by atoms with Gasteiger partial charge in [-0.05, 0) is 25.5 Å². The lowest BCUT2D eigenvalue weighted by Gasteiger charge is -2.27. The zero-order chi connectivity index (χ0) is 13.8. The molecule has 1 N–H and O–H groups in total. The van der Waals surface area contributed by atoms with Crippen LogP contribution in [0.2, 0.25) is 0 Å². The number of carbonyl (C=O) groups is 1. The van der Waals surface area contributed by atoms with Crippen LogP contribution < -0.4 is 5.32 Å². The average molecular weight is 315 g/mol. The van der Waals surface area contributed by atoms with Crippen LogP contribution in [0, 0.1) is 10.1 Å². The quantitative estimate of drug-likeness (QED) is 0.516. The lowest BCUT2D eigenvalue weighted by molar-refractivity contribution is -0.384. The average Bonchev–Trinajstić information content (AvgIpc) is 2.38. The first kappa shape index (κ1) is 14.6. The number of nitro groups is 1. The third kappa shape index (κ3) is 3.53. The molecular weight excluding hydrogens is 300 g/mol. The summed E-state index contributed by atoms with van der Waals surface area (Å²) in [4.78, 5) is 22.0. The number of nitrogens with zero attached hydrogens (tertiary/aromatic N) is 1. The Bertz CT molecular complexity index is 441. The summed E-state index contributed by atoms with van der Waals surface area (Å²) >= 11 is 3.36. The van der Waals surface area contributed by atoms with Gasteiger partial charge in [0.05, 0.1) is 4.92 Å². The molecule has 0 heterocycles. The molecule has 1 aromatic rings. The standard InChI is InChI=1S/C12H15BrN2O3/c1-3-12(2,8-13)14-11(16)9-4-6-10(7-5-9)15(17)18/h4-7H,3,8H2,1-2H3,(H,14,16). The Morgan fingerprint density at radius 3 is 2.39 bits per heavy atom. The minimum atomic E-state index is -0.490. The molecule has 0 aliphatic heterocycles. The van der Waals surface area contributed by atoms with Gasteiger partial charge in [0.2, 0.25) is 0 Å². The highest BCUT2D eigenvalue weighted by Gasteiger charge is 2.23. The molecular formula is C12H15BrN2O3. The molecule has 5 nitrogen and oxygen atoms in total. The fourth-order valence-corrected chi connectivity index (χ4v) is 1.83. The highest BCUT2D eigenvalue weighted by atomic mass is 79.9. The van der Waals surface area contributed by atoms with Crippen molar-refractivity contribution in [3.63, 3.8) is 0 Å². The van der Waals surface area contributed by atoms with Crippen molar-refractivity contribution in [1.82, 2.24) is 5.32 Å². The Hall–Kier alpha value is -1.43. The van der Waals surface area contributed by atoms with Gasteiger partial charge in [-0.3, -0.25) is 14.9 Å². The topological polar surface area (TPSA) is 72.2 Å². The summed E-state index contributed by atoms with van der Waals surface area (Å²) in [6.45, 7) is 3.92. The van der Waals surface area contributed by atoms with E-state index in [4.69, 9.17) is 0 Å². The van der Waals surface area contributed by atoms with Gasteiger partial charge in [0.15, 0.2) is 0 Å². The first-order chi connectivity index (χ1) is 8.41. The van der Waals surface area contributed by atoms with Crippen LogP contribution in [-0.2, 0) is 0 Å². The molecule has 98 valence electrons. The van der Waals surface area contributed by atoms with Crippen molar-refractivity contribution in [3.05, 3.63) is 39.9 Å². The zero-order valence-electron chi connectivity index (χ0n) is 10.3. The Kier molecular flexibility index (Phi) is 4.84. The number of carbonyl (C=O) groups excluding carboxylic acids is 1. The second-order valence-corrected chi connectivity index (χ2v) is 4.87. The molecule has 1 atom stereocenters. The fourth-order valence-electron chi connectivity index (χ4n) is 1.30. The molecule has 6 heteroatoms. The maximum absolute atomic E-state index is 12.0. The third-order valence-corrected chi connectivity index (χ3v) is 4.07. The predicted octanol–water partition coefficient (Wildman–Crippen LogP) is 2.89. The van der Waals surface area contributed by atoms with Crippen molar-refractivity contribution < 1.29 is 9.72 Å². The predicted molar refractivity (Wildman–Crippen MR) is 73.1 cm³/mol. The lowest BCUT2D eigenvalue weighted by atomic mass is 10.0. The molecule has 1 amide bonds. The first-order valence-corrected chi connectivity index (χ1v) is 6.67. The largest absolute Gasteiger partial charge is 0.346 e. The number of alkyl halides is 1. The van der Waals surface area contributed by atoms with Crippen LogP contribution in [0.1, 0.15) is 30.6 Å². The second kappa shape index (κ2) is 5.95. The monoisotopic (exact) mass is 314 g/mol. The van der Waals surface area contributed by atoms with Gasteiger partial charge in [0.1, 0.15) is 0 Å². The maximum atomic E-state index is 12.0. The van der Waals surface area contributed by atoms with Crippen molar-refractivity contribution >= 4 is 27.5 Å². The van der Waals surface area contributed by atoms with E-state index in [2.05, 4.69) is 21.2 Å². The number of non-ortho nitro benzene ring substituents is 1. The van der Waals surface area contributed by atoms with E-state index in [-0.39, 0.29) is 17.1 Å². The summed E-state index contributed by atoms with van der Waals surface area (Å²) in [6.07, 6.45) is 0.789. The van der Waals surface area contributed by atoms with Gasteiger partial charge in [0, 0.05) is 28.6 Å². The smallest absolute Gasteiger partial charge is 0.269 e. The van der Waals surface area contributed by atoms with E-state index < -0.39 is 4.92 Å². The Morgan fingerprint density at radius 1 is 1.44 bits per heavy atom. The SMILES string of the molecule is CCC(C)(CBr)NC(=O)c1ccc([N+](=O)[O-])cc1. The van der Waals surface area contributed by atoms with Crippen LogP contribution in [0.3, 0.4) is 0 Å². The molecule has 0 saturated heterocycles. The van der Waals surface area contributed by atoms with E-state index in [1.165, 1.54) is 24.3 Å². The molecule has 0 aliphatic rings. The van der Waals surface area contributed by atoms with Crippen LogP contribution in [0.4, 0.5) is 5.69 Å². The molecule has 0 aliphatic carbocycles. The van der Waals surface area contributed by atoms with E-state index in [1.807, 2.05) is 13.8 Å². The summed E-state index contributed by atoms with van der Waals surface area (Å²) in [5.41, 5.74) is 0.0743. The van der Waals surface area contributed by atoms with Crippen LogP contribution in [0.15, 0.2) is 24.3 Å². The van der Waals surface area contributed by atoms with E-state index in [0.717, 1.165) is 6.42 Å². The number of halogens is 1. The van der Waals surface area contributed by atoms with Crippen molar-refractivity contribution in [2.75, 3.05) is 5.33 Å². The van der Waals surface area contributed by atoms with Crippen LogP contribution in [-0.4, -0.2) is 21.7 Å². The second-order valence-electron chi connectivity index (χ2n) is 4.31. The highest BCUT2D eigenvalue weighted by molar-refractivity contribution is 9.09. The van der Waals surface area contributed by atoms with Crippen LogP contribution in [0.5, 0.6) is 0 Å². The Morgan fingerprint density at radius 2 is 2.00 bits per heavy atom. The molecule has 0 radical (unpaired) electrons. The van der Waals surface area contributed by atoms with Gasteiger partial charge < -0.3 is 5.32 Å². The normalized spacial score (nSPS) is 13.7. The van der Waals surface area contributed by atoms with Gasteiger partial charge in [0.25, 0.3) is 11.6 Å². The number of rotatable bonds is 5. The van der Waals surface area contributed by atoms with E-state index in [0.29, 0.717) is 10.9 Å². The maximum Gasteiger partial charge on any atom is 0.269 e. The van der Waals surface area contributed by atoms with Crippen molar-refractivity contribution in [2.24, 2.45) is 0 Å². The number of nitrogens with one attached hydrogen (secondary N) is 1. The van der Waals surface area contributed by atoms with Crippen molar-refractivity contribution in [2.45, 2.75) is 25.8 Å². The molecule has 0 fully saturated rings. The minimum Gasteiger partial charge on any atom is -0.346 e. The number of hydrogen-bond acceptors (Lipinski definition) is 3. The fraction of sp³-hybridized carbons (Fsp3) is 0.417. The minimum absolute atomic E-state index is 0.0229. The number of nitro benzene ring substituents is 1. The van der Waals surface area contributed by atoms with E-state index in [9.17, 15) is 14.9 Å². The van der Waals surface area contributed by atoms with Crippen LogP contribution in [0.25, 0.3) is 0 Å². The summed E-state index contributed by atoms with van der Waals surface area (Å²) in [6, 6.07) is 5.56. The van der Waals surface area contributed by atoms with Crippen molar-refractivity contribution in [3.8, 4) is 0 Å². The molecule has 0 bridgehead atoms. The van der Waals surface area contributed by atoms with Gasteiger partial charge in [-0.2, -0.15) is 0 Å². The highest BCUT2D eigenvalue weighted by Crippen LogP contribution is 2.16. The molecule has 1 unspecified atom stereocenters. The molecule has 18 heavy (non-hydrogen) atoms. The molecule has 0 saturated carbocycles. The lowest BCUT2D eigenvalue weighted by Crippen LogP contribution is -2.46. The van der Waals surface area contributed by atoms with Crippen molar-refractivity contribution in [1.29, 1.82) is 0 Å². The summed E-state index contributed by atoms with van der Waals surface area (Å²) < 4.78 is 0.